The average molecular weight is 345 g/mol. The third-order valence-electron chi connectivity index (χ3n) is 5.35. The summed E-state index contributed by atoms with van der Waals surface area (Å²) in [5, 5.41) is 12.1. The van der Waals surface area contributed by atoms with Gasteiger partial charge in [0.2, 0.25) is 17.7 Å². The molecule has 1 saturated heterocycles. The summed E-state index contributed by atoms with van der Waals surface area (Å²) >= 11 is 1.60. The Bertz CT molecular complexity index is 680. The Morgan fingerprint density at radius 3 is 3.00 bits per heavy atom. The Kier molecular flexibility index (Phi) is 4.65. The minimum atomic E-state index is 0.252. The lowest BCUT2D eigenvalue weighted by atomic mass is 9.78. The molecule has 6 heteroatoms. The number of carbonyl (C=O) groups excluding carboxylic acids is 1. The fourth-order valence-electron chi connectivity index (χ4n) is 4.15. The van der Waals surface area contributed by atoms with Crippen molar-refractivity contribution in [1.29, 1.82) is 0 Å². The average Bonchev–Trinajstić information content (AvgIpc) is 3.30. The number of likely N-dealkylation sites (tertiary alicyclic amines) is 1. The van der Waals surface area contributed by atoms with Crippen molar-refractivity contribution in [3.05, 3.63) is 22.7 Å². The highest BCUT2D eigenvalue weighted by Crippen LogP contribution is 2.35. The van der Waals surface area contributed by atoms with E-state index in [2.05, 4.69) is 15.1 Å². The molecule has 2 aromatic heterocycles. The van der Waals surface area contributed by atoms with Crippen LogP contribution >= 0.6 is 11.3 Å². The highest BCUT2D eigenvalue weighted by atomic mass is 32.1. The molecule has 0 bridgehead atoms. The van der Waals surface area contributed by atoms with Crippen LogP contribution in [0, 0.1) is 5.92 Å². The van der Waals surface area contributed by atoms with Gasteiger partial charge in [-0.05, 0) is 43.0 Å². The first-order valence-electron chi connectivity index (χ1n) is 8.95. The summed E-state index contributed by atoms with van der Waals surface area (Å²) in [5.74, 6) is 2.08. The summed E-state index contributed by atoms with van der Waals surface area (Å²) in [6.45, 7) is 0.921. The Labute approximate surface area is 146 Å². The van der Waals surface area contributed by atoms with Crippen molar-refractivity contribution in [3.8, 4) is 11.5 Å². The monoisotopic (exact) mass is 345 g/mol. The van der Waals surface area contributed by atoms with Gasteiger partial charge in [-0.1, -0.05) is 12.8 Å². The van der Waals surface area contributed by atoms with Crippen molar-refractivity contribution in [3.63, 3.8) is 0 Å². The molecule has 0 radical (unpaired) electrons. The first kappa shape index (κ1) is 15.8. The van der Waals surface area contributed by atoms with Crippen molar-refractivity contribution in [1.82, 2.24) is 15.1 Å². The number of aryl methyl sites for hydroxylation is 1. The number of aromatic nitrogens is 2. The number of piperidine rings is 1. The number of hydrogen-bond acceptors (Lipinski definition) is 5. The quantitative estimate of drug-likeness (QED) is 0.843. The van der Waals surface area contributed by atoms with E-state index in [1.807, 2.05) is 16.8 Å². The van der Waals surface area contributed by atoms with Gasteiger partial charge in [0.1, 0.15) is 0 Å². The molecule has 0 N–H and O–H groups in total. The predicted octanol–water partition coefficient (Wildman–Crippen LogP) is 3.91. The van der Waals surface area contributed by atoms with Gasteiger partial charge in [-0.25, -0.2) is 0 Å². The van der Waals surface area contributed by atoms with Gasteiger partial charge in [0.25, 0.3) is 0 Å². The van der Waals surface area contributed by atoms with Gasteiger partial charge in [-0.2, -0.15) is 11.3 Å². The molecule has 2 fully saturated rings. The third-order valence-corrected chi connectivity index (χ3v) is 6.03. The molecule has 5 nitrogen and oxygen atoms in total. The van der Waals surface area contributed by atoms with Gasteiger partial charge >= 0.3 is 0 Å². The maximum absolute atomic E-state index is 12.7. The van der Waals surface area contributed by atoms with Crippen molar-refractivity contribution in [2.75, 3.05) is 6.54 Å². The van der Waals surface area contributed by atoms with Gasteiger partial charge < -0.3 is 9.32 Å². The highest BCUT2D eigenvalue weighted by molar-refractivity contribution is 7.08. The molecule has 1 saturated carbocycles. The molecule has 2 atom stereocenters. The van der Waals surface area contributed by atoms with Crippen LogP contribution in [0.4, 0.5) is 0 Å². The zero-order chi connectivity index (χ0) is 16.4. The SMILES string of the molecule is O=C(CCc1nnc(-c2ccsc2)o1)N1CCC[C@@H]2CCCC[C@@H]21. The largest absolute Gasteiger partial charge is 0.421 e. The van der Waals surface area contributed by atoms with Crippen LogP contribution in [0.25, 0.3) is 11.5 Å². The van der Waals surface area contributed by atoms with E-state index in [1.54, 1.807) is 11.3 Å². The summed E-state index contributed by atoms with van der Waals surface area (Å²) < 4.78 is 5.69. The number of hydrogen-bond donors (Lipinski definition) is 0. The second-order valence-electron chi connectivity index (χ2n) is 6.85. The summed E-state index contributed by atoms with van der Waals surface area (Å²) in [7, 11) is 0. The first-order valence-corrected chi connectivity index (χ1v) is 9.90. The van der Waals surface area contributed by atoms with Crippen LogP contribution in [-0.2, 0) is 11.2 Å². The van der Waals surface area contributed by atoms with Crippen LogP contribution in [0.5, 0.6) is 0 Å². The molecule has 1 amide bonds. The molecule has 128 valence electrons. The molecule has 24 heavy (non-hydrogen) atoms. The topological polar surface area (TPSA) is 59.2 Å². The van der Waals surface area contributed by atoms with E-state index in [-0.39, 0.29) is 5.91 Å². The van der Waals surface area contributed by atoms with Crippen LogP contribution < -0.4 is 0 Å². The van der Waals surface area contributed by atoms with Crippen LogP contribution in [0.15, 0.2) is 21.2 Å². The third kappa shape index (κ3) is 3.24. The summed E-state index contributed by atoms with van der Waals surface area (Å²) in [4.78, 5) is 14.8. The molecule has 0 aromatic carbocycles. The maximum atomic E-state index is 12.7. The minimum Gasteiger partial charge on any atom is -0.421 e. The van der Waals surface area contributed by atoms with E-state index in [9.17, 15) is 4.79 Å². The van der Waals surface area contributed by atoms with E-state index >= 15 is 0 Å². The molecular weight excluding hydrogens is 322 g/mol. The van der Waals surface area contributed by atoms with E-state index < -0.39 is 0 Å². The summed E-state index contributed by atoms with van der Waals surface area (Å²) in [6.07, 6.45) is 8.51. The second-order valence-corrected chi connectivity index (χ2v) is 7.63. The van der Waals surface area contributed by atoms with Gasteiger partial charge in [0.15, 0.2) is 0 Å². The van der Waals surface area contributed by atoms with Crippen molar-refractivity contribution >= 4 is 17.2 Å². The number of nitrogens with zero attached hydrogens (tertiary/aromatic N) is 3. The second kappa shape index (κ2) is 7.05. The Hall–Kier alpha value is -1.69. The van der Waals surface area contributed by atoms with Gasteiger partial charge in [-0.3, -0.25) is 4.79 Å². The van der Waals surface area contributed by atoms with Gasteiger partial charge in [0, 0.05) is 36.4 Å². The zero-order valence-electron chi connectivity index (χ0n) is 13.8. The lowest BCUT2D eigenvalue weighted by Gasteiger charge is -2.44. The van der Waals surface area contributed by atoms with Crippen LogP contribution in [-0.4, -0.2) is 33.6 Å². The molecule has 3 heterocycles. The summed E-state index contributed by atoms with van der Waals surface area (Å²) in [5.41, 5.74) is 0.950. The maximum Gasteiger partial charge on any atom is 0.248 e. The number of thiophene rings is 1. The normalized spacial score (nSPS) is 23.9. The Morgan fingerprint density at radius 2 is 2.12 bits per heavy atom. The number of rotatable bonds is 4. The molecule has 0 unspecified atom stereocenters. The Balaban J connectivity index is 1.36. The lowest BCUT2D eigenvalue weighted by Crippen LogP contribution is -2.49. The van der Waals surface area contributed by atoms with Crippen LogP contribution in [0.2, 0.25) is 0 Å². The van der Waals surface area contributed by atoms with Crippen LogP contribution in [0.3, 0.4) is 0 Å². The first-order chi connectivity index (χ1) is 11.8. The van der Waals surface area contributed by atoms with Gasteiger partial charge in [0.05, 0.1) is 0 Å². The fraction of sp³-hybridized carbons (Fsp3) is 0.611. The molecule has 2 aliphatic rings. The molecule has 4 rings (SSSR count). The molecule has 1 aliphatic heterocycles. The predicted molar refractivity (Wildman–Crippen MR) is 92.6 cm³/mol. The summed E-state index contributed by atoms with van der Waals surface area (Å²) in [6, 6.07) is 2.44. The van der Waals surface area contributed by atoms with Crippen LogP contribution in [0.1, 0.15) is 50.8 Å². The fourth-order valence-corrected chi connectivity index (χ4v) is 4.78. The van der Waals surface area contributed by atoms with E-state index in [1.165, 1.54) is 32.1 Å². The smallest absolute Gasteiger partial charge is 0.248 e. The highest BCUT2D eigenvalue weighted by Gasteiger charge is 2.35. The standard InChI is InChI=1S/C18H23N3O2S/c22-17(21-10-3-5-13-4-1-2-6-15(13)21)8-7-16-19-20-18(23-16)14-9-11-24-12-14/h9,11-13,15H,1-8,10H2/t13-,15-/m0/s1. The molecule has 1 aliphatic carbocycles. The van der Waals surface area contributed by atoms with Gasteiger partial charge in [-0.15, -0.1) is 10.2 Å². The van der Waals surface area contributed by atoms with E-state index in [0.717, 1.165) is 24.4 Å². The van der Waals surface area contributed by atoms with E-state index in [4.69, 9.17) is 4.42 Å². The molecule has 0 spiro atoms. The number of carbonyl (C=O) groups is 1. The Morgan fingerprint density at radius 1 is 1.25 bits per heavy atom. The molecular formula is C18H23N3O2S. The zero-order valence-corrected chi connectivity index (χ0v) is 14.6. The van der Waals surface area contributed by atoms with Crippen molar-refractivity contribution in [2.45, 2.75) is 57.4 Å². The lowest BCUT2D eigenvalue weighted by molar-refractivity contribution is -0.137. The number of amides is 1. The van der Waals surface area contributed by atoms with Crippen molar-refractivity contribution < 1.29 is 9.21 Å². The number of fused-ring (bicyclic) bond motifs is 1. The van der Waals surface area contributed by atoms with E-state index in [0.29, 0.717) is 30.7 Å². The minimum absolute atomic E-state index is 0.252. The molecule has 2 aromatic rings. The van der Waals surface area contributed by atoms with Crippen molar-refractivity contribution in [2.24, 2.45) is 5.92 Å².